The maximum Gasteiger partial charge on any atom is 0.165 e. The van der Waals surface area contributed by atoms with Gasteiger partial charge in [0.05, 0.1) is 6.54 Å². The van der Waals surface area contributed by atoms with Crippen LogP contribution in [0, 0.1) is 0 Å². The van der Waals surface area contributed by atoms with E-state index in [1.165, 1.54) is 5.69 Å². The number of rotatable bonds is 4. The maximum absolute atomic E-state index is 4.18. The van der Waals surface area contributed by atoms with Gasteiger partial charge in [0.1, 0.15) is 6.33 Å². The Balaban J connectivity index is 1.87. The Labute approximate surface area is 117 Å². The minimum absolute atomic E-state index is 0.776. The predicted octanol–water partition coefficient (Wildman–Crippen LogP) is 2.43. The van der Waals surface area contributed by atoms with E-state index in [9.17, 15) is 0 Å². The molecule has 0 saturated heterocycles. The summed E-state index contributed by atoms with van der Waals surface area (Å²) in [5, 5.41) is 11.6. The van der Waals surface area contributed by atoms with E-state index in [4.69, 9.17) is 0 Å². The summed E-state index contributed by atoms with van der Waals surface area (Å²) in [5.41, 5.74) is 3.35. The van der Waals surface area contributed by atoms with Crippen LogP contribution in [0.1, 0.15) is 5.69 Å². The van der Waals surface area contributed by atoms with Gasteiger partial charge in [0.15, 0.2) is 5.82 Å². The first kappa shape index (κ1) is 12.5. The highest BCUT2D eigenvalue weighted by atomic mass is 15.2. The number of hydrogen-bond acceptors (Lipinski definition) is 3. The summed E-state index contributed by atoms with van der Waals surface area (Å²) < 4.78 is 4.03. The number of anilines is 1. The molecule has 5 nitrogen and oxygen atoms in total. The van der Waals surface area contributed by atoms with Crippen molar-refractivity contribution in [3.05, 3.63) is 54.6 Å². The van der Waals surface area contributed by atoms with E-state index in [-0.39, 0.29) is 0 Å². The summed E-state index contributed by atoms with van der Waals surface area (Å²) >= 11 is 0. The second-order valence-corrected chi connectivity index (χ2v) is 4.78. The van der Waals surface area contributed by atoms with Gasteiger partial charge in [-0.05, 0) is 24.3 Å². The lowest BCUT2D eigenvalue weighted by atomic mass is 10.1. The molecule has 0 aliphatic heterocycles. The molecule has 20 heavy (non-hydrogen) atoms. The molecular formula is C15H17N5. The predicted molar refractivity (Wildman–Crippen MR) is 79.2 cm³/mol. The van der Waals surface area contributed by atoms with Gasteiger partial charge >= 0.3 is 0 Å². The van der Waals surface area contributed by atoms with Crippen LogP contribution in [0.5, 0.6) is 0 Å². The van der Waals surface area contributed by atoms with Crippen molar-refractivity contribution >= 4 is 5.69 Å². The van der Waals surface area contributed by atoms with Crippen LogP contribution in [0.2, 0.25) is 0 Å². The Morgan fingerprint density at radius 3 is 2.60 bits per heavy atom. The molecule has 3 aromatic rings. The molecule has 2 heterocycles. The van der Waals surface area contributed by atoms with Crippen molar-refractivity contribution in [1.82, 2.24) is 19.3 Å². The van der Waals surface area contributed by atoms with Crippen LogP contribution in [0.4, 0.5) is 5.69 Å². The number of nitrogens with zero attached hydrogens (tertiary/aromatic N) is 4. The molecule has 0 fully saturated rings. The zero-order valence-electron chi connectivity index (χ0n) is 11.6. The van der Waals surface area contributed by atoms with E-state index in [0.717, 1.165) is 23.6 Å². The molecule has 2 aromatic heterocycles. The van der Waals surface area contributed by atoms with Gasteiger partial charge in [0.25, 0.3) is 0 Å². The summed E-state index contributed by atoms with van der Waals surface area (Å²) in [5.74, 6) is 0.861. The van der Waals surface area contributed by atoms with Crippen LogP contribution < -0.4 is 5.32 Å². The fraction of sp³-hybridized carbons (Fsp3) is 0.200. The molecule has 1 N–H and O–H groups in total. The minimum atomic E-state index is 0.776. The third-order valence-electron chi connectivity index (χ3n) is 3.39. The molecule has 102 valence electrons. The lowest BCUT2D eigenvalue weighted by molar-refractivity contribution is 0.842. The molecule has 3 rings (SSSR count). The lowest BCUT2D eigenvalue weighted by Crippen LogP contribution is -2.05. The number of benzene rings is 1. The number of aromatic nitrogens is 4. The highest BCUT2D eigenvalue weighted by Gasteiger charge is 2.09. The van der Waals surface area contributed by atoms with Crippen LogP contribution in [0.3, 0.4) is 0 Å². The first-order valence-corrected chi connectivity index (χ1v) is 6.53. The molecule has 0 atom stereocenters. The normalized spacial score (nSPS) is 10.7. The smallest absolute Gasteiger partial charge is 0.165 e. The van der Waals surface area contributed by atoms with Crippen molar-refractivity contribution in [3.63, 3.8) is 0 Å². The fourth-order valence-corrected chi connectivity index (χ4v) is 2.23. The largest absolute Gasteiger partial charge is 0.379 e. The van der Waals surface area contributed by atoms with E-state index in [0.29, 0.717) is 0 Å². The number of nitrogens with one attached hydrogen (secondary N) is 1. The number of hydrogen-bond donors (Lipinski definition) is 1. The monoisotopic (exact) mass is 267 g/mol. The SMILES string of the molecule is Cn1cccc1CNc1ccccc1-c1nncn1C. The van der Waals surface area contributed by atoms with E-state index < -0.39 is 0 Å². The van der Waals surface area contributed by atoms with Crippen LogP contribution >= 0.6 is 0 Å². The summed E-state index contributed by atoms with van der Waals surface area (Å²) in [6.07, 6.45) is 3.76. The Morgan fingerprint density at radius 1 is 1.05 bits per heavy atom. The van der Waals surface area contributed by atoms with E-state index in [1.54, 1.807) is 6.33 Å². The summed E-state index contributed by atoms with van der Waals surface area (Å²) in [4.78, 5) is 0. The average molecular weight is 267 g/mol. The van der Waals surface area contributed by atoms with Crippen molar-refractivity contribution < 1.29 is 0 Å². The third kappa shape index (κ3) is 2.30. The Morgan fingerprint density at radius 2 is 1.90 bits per heavy atom. The van der Waals surface area contributed by atoms with E-state index >= 15 is 0 Å². The van der Waals surface area contributed by atoms with Crippen molar-refractivity contribution in [2.45, 2.75) is 6.54 Å². The Bertz CT molecular complexity index is 710. The first-order valence-electron chi connectivity index (χ1n) is 6.53. The molecule has 0 aliphatic rings. The maximum atomic E-state index is 4.18. The summed E-state index contributed by atoms with van der Waals surface area (Å²) in [6.45, 7) is 0.776. The minimum Gasteiger partial charge on any atom is -0.379 e. The van der Waals surface area contributed by atoms with E-state index in [2.05, 4.69) is 38.3 Å². The van der Waals surface area contributed by atoms with Gasteiger partial charge in [-0.3, -0.25) is 0 Å². The highest BCUT2D eigenvalue weighted by molar-refractivity contribution is 5.73. The molecule has 0 saturated carbocycles. The van der Waals surface area contributed by atoms with Gasteiger partial charge < -0.3 is 14.5 Å². The molecule has 0 radical (unpaired) electrons. The summed E-state index contributed by atoms with van der Waals surface area (Å²) in [7, 11) is 3.99. The Kier molecular flexibility index (Phi) is 3.25. The molecule has 0 amide bonds. The van der Waals surface area contributed by atoms with Gasteiger partial charge in [0, 0.05) is 37.2 Å². The van der Waals surface area contributed by atoms with Gasteiger partial charge in [-0.25, -0.2) is 0 Å². The van der Waals surface area contributed by atoms with Crippen LogP contribution in [0.25, 0.3) is 11.4 Å². The van der Waals surface area contributed by atoms with Crippen LogP contribution in [0.15, 0.2) is 48.9 Å². The van der Waals surface area contributed by atoms with Gasteiger partial charge in [-0.1, -0.05) is 12.1 Å². The zero-order chi connectivity index (χ0) is 13.9. The number of aryl methyl sites for hydroxylation is 2. The van der Waals surface area contributed by atoms with Crippen LogP contribution in [-0.2, 0) is 20.6 Å². The molecule has 0 bridgehead atoms. The van der Waals surface area contributed by atoms with Crippen molar-refractivity contribution in [2.75, 3.05) is 5.32 Å². The average Bonchev–Trinajstić information content (AvgIpc) is 3.06. The molecule has 1 aromatic carbocycles. The number of para-hydroxylation sites is 1. The van der Waals surface area contributed by atoms with Gasteiger partial charge in [-0.2, -0.15) is 0 Å². The van der Waals surface area contributed by atoms with Crippen molar-refractivity contribution in [3.8, 4) is 11.4 Å². The fourth-order valence-electron chi connectivity index (χ4n) is 2.23. The standard InChI is InChI=1S/C15H17N5/c1-19-9-5-6-12(19)10-16-14-8-4-3-7-13(14)15-18-17-11-20(15)2/h3-9,11,16H,10H2,1-2H3. The molecule has 5 heteroatoms. The first-order chi connectivity index (χ1) is 9.75. The molecule has 0 aliphatic carbocycles. The third-order valence-corrected chi connectivity index (χ3v) is 3.39. The Hall–Kier alpha value is -2.56. The quantitative estimate of drug-likeness (QED) is 0.789. The zero-order valence-corrected chi connectivity index (χ0v) is 11.6. The second-order valence-electron chi connectivity index (χ2n) is 4.78. The molecule has 0 spiro atoms. The topological polar surface area (TPSA) is 47.7 Å². The van der Waals surface area contributed by atoms with E-state index in [1.807, 2.05) is 43.1 Å². The van der Waals surface area contributed by atoms with Crippen LogP contribution in [-0.4, -0.2) is 19.3 Å². The summed E-state index contributed by atoms with van der Waals surface area (Å²) in [6, 6.07) is 12.3. The van der Waals surface area contributed by atoms with Crippen molar-refractivity contribution in [1.29, 1.82) is 0 Å². The lowest BCUT2D eigenvalue weighted by Gasteiger charge is -2.12. The second kappa shape index (κ2) is 5.21. The highest BCUT2D eigenvalue weighted by Crippen LogP contribution is 2.25. The van der Waals surface area contributed by atoms with Gasteiger partial charge in [-0.15, -0.1) is 10.2 Å². The molecule has 0 unspecified atom stereocenters. The van der Waals surface area contributed by atoms with Crippen molar-refractivity contribution in [2.24, 2.45) is 14.1 Å². The molecular weight excluding hydrogens is 250 g/mol. The van der Waals surface area contributed by atoms with Gasteiger partial charge in [0.2, 0.25) is 0 Å².